The lowest BCUT2D eigenvalue weighted by Gasteiger charge is -2.43. The summed E-state index contributed by atoms with van der Waals surface area (Å²) in [4.78, 5) is 15.2. The van der Waals surface area contributed by atoms with Crippen molar-refractivity contribution in [1.29, 1.82) is 0 Å². The summed E-state index contributed by atoms with van der Waals surface area (Å²) in [6.45, 7) is 4.62. The molecule has 1 aliphatic carbocycles. The van der Waals surface area contributed by atoms with E-state index in [-0.39, 0.29) is 17.0 Å². The standard InChI is InChI=1S/C21H32ClN3O2/c1-20(2)13-15-17(23)16(22)12-14(18(15)27-20)19(26)24-11-10-21(25(3)4)8-6-5-7-9-21/h12H,5-11,13,23H2,1-4H3,(H,24,26). The van der Waals surface area contributed by atoms with E-state index in [4.69, 9.17) is 22.1 Å². The van der Waals surface area contributed by atoms with Crippen LogP contribution in [0, 0.1) is 0 Å². The van der Waals surface area contributed by atoms with Gasteiger partial charge in [-0.1, -0.05) is 30.9 Å². The summed E-state index contributed by atoms with van der Waals surface area (Å²) in [5.74, 6) is 0.440. The van der Waals surface area contributed by atoms with Gasteiger partial charge in [-0.05, 0) is 53.3 Å². The molecular formula is C21H32ClN3O2. The number of nitrogens with two attached hydrogens (primary N) is 1. The zero-order valence-corrected chi connectivity index (χ0v) is 17.7. The Morgan fingerprint density at radius 2 is 1.96 bits per heavy atom. The van der Waals surface area contributed by atoms with Gasteiger partial charge in [0, 0.05) is 24.1 Å². The minimum Gasteiger partial charge on any atom is -0.486 e. The van der Waals surface area contributed by atoms with Gasteiger partial charge in [0.25, 0.3) is 5.91 Å². The average Bonchev–Trinajstić information content (AvgIpc) is 2.94. The van der Waals surface area contributed by atoms with Crippen LogP contribution >= 0.6 is 11.6 Å². The number of amides is 1. The number of rotatable bonds is 5. The molecule has 1 aliphatic heterocycles. The minimum atomic E-state index is -0.382. The maximum atomic E-state index is 12.9. The van der Waals surface area contributed by atoms with Crippen molar-refractivity contribution in [2.75, 3.05) is 26.4 Å². The molecule has 0 spiro atoms. The summed E-state index contributed by atoms with van der Waals surface area (Å²) in [5, 5.41) is 3.50. The Labute approximate surface area is 167 Å². The normalized spacial score (nSPS) is 20.2. The van der Waals surface area contributed by atoms with Crippen molar-refractivity contribution in [3.63, 3.8) is 0 Å². The lowest BCUT2D eigenvalue weighted by atomic mass is 9.78. The van der Waals surface area contributed by atoms with E-state index < -0.39 is 0 Å². The van der Waals surface area contributed by atoms with Crippen molar-refractivity contribution in [1.82, 2.24) is 10.2 Å². The Balaban J connectivity index is 1.72. The highest BCUT2D eigenvalue weighted by Gasteiger charge is 2.37. The molecule has 0 saturated heterocycles. The molecule has 0 unspecified atom stereocenters. The first-order valence-electron chi connectivity index (χ1n) is 9.91. The largest absolute Gasteiger partial charge is 0.486 e. The lowest BCUT2D eigenvalue weighted by Crippen LogP contribution is -2.48. The Morgan fingerprint density at radius 3 is 2.59 bits per heavy atom. The van der Waals surface area contributed by atoms with E-state index in [2.05, 4.69) is 24.3 Å². The molecule has 0 aromatic heterocycles. The number of nitrogens with one attached hydrogen (secondary N) is 1. The number of ether oxygens (including phenoxy) is 1. The number of carbonyl (C=O) groups is 1. The number of hydrogen-bond donors (Lipinski definition) is 2. The first kappa shape index (κ1) is 20.3. The summed E-state index contributed by atoms with van der Waals surface area (Å²) in [7, 11) is 4.30. The Hall–Kier alpha value is -1.46. The molecule has 1 aromatic rings. The smallest absolute Gasteiger partial charge is 0.255 e. The third kappa shape index (κ3) is 4.04. The molecule has 150 valence electrons. The van der Waals surface area contributed by atoms with Crippen LogP contribution in [0.3, 0.4) is 0 Å². The van der Waals surface area contributed by atoms with E-state index in [1.165, 1.54) is 32.1 Å². The lowest BCUT2D eigenvalue weighted by molar-refractivity contribution is 0.0830. The van der Waals surface area contributed by atoms with Gasteiger partial charge in [0.05, 0.1) is 16.3 Å². The highest BCUT2D eigenvalue weighted by Crippen LogP contribution is 2.44. The summed E-state index contributed by atoms with van der Waals surface area (Å²) in [6.07, 6.45) is 7.81. The summed E-state index contributed by atoms with van der Waals surface area (Å²) >= 11 is 6.29. The molecule has 0 atom stereocenters. The van der Waals surface area contributed by atoms with Crippen LogP contribution in [-0.4, -0.2) is 42.6 Å². The van der Waals surface area contributed by atoms with Crippen LogP contribution in [0.2, 0.25) is 5.02 Å². The molecule has 0 bridgehead atoms. The van der Waals surface area contributed by atoms with Gasteiger partial charge in [-0.3, -0.25) is 4.79 Å². The molecule has 3 N–H and O–H groups in total. The molecule has 27 heavy (non-hydrogen) atoms. The SMILES string of the molecule is CN(C)C1(CCNC(=O)c2cc(Cl)c(N)c3c2OC(C)(C)C3)CCCCC1. The van der Waals surface area contributed by atoms with E-state index in [1.807, 2.05) is 13.8 Å². The molecule has 5 nitrogen and oxygen atoms in total. The second-order valence-electron chi connectivity index (χ2n) is 8.85. The highest BCUT2D eigenvalue weighted by atomic mass is 35.5. The van der Waals surface area contributed by atoms with Crippen LogP contribution in [0.15, 0.2) is 6.07 Å². The topological polar surface area (TPSA) is 67.6 Å². The minimum absolute atomic E-state index is 0.143. The molecule has 1 heterocycles. The molecule has 1 saturated carbocycles. The van der Waals surface area contributed by atoms with Crippen LogP contribution < -0.4 is 15.8 Å². The van der Waals surface area contributed by atoms with Gasteiger partial charge < -0.3 is 20.7 Å². The second-order valence-corrected chi connectivity index (χ2v) is 9.26. The Morgan fingerprint density at radius 1 is 1.30 bits per heavy atom. The summed E-state index contributed by atoms with van der Waals surface area (Å²) < 4.78 is 6.03. The molecule has 1 aromatic carbocycles. The fourth-order valence-electron chi connectivity index (χ4n) is 4.53. The van der Waals surface area contributed by atoms with E-state index in [1.54, 1.807) is 6.07 Å². The number of nitrogens with zero attached hydrogens (tertiary/aromatic N) is 1. The van der Waals surface area contributed by atoms with Crippen LogP contribution in [0.1, 0.15) is 68.3 Å². The van der Waals surface area contributed by atoms with E-state index in [9.17, 15) is 4.79 Å². The van der Waals surface area contributed by atoms with Gasteiger partial charge in [0.15, 0.2) is 0 Å². The van der Waals surface area contributed by atoms with Crippen molar-refractivity contribution in [3.8, 4) is 5.75 Å². The molecule has 2 aliphatic rings. The van der Waals surface area contributed by atoms with Crippen molar-refractivity contribution in [2.45, 2.75) is 69.9 Å². The van der Waals surface area contributed by atoms with E-state index in [0.29, 0.717) is 35.0 Å². The summed E-state index contributed by atoms with van der Waals surface area (Å²) in [6, 6.07) is 1.63. The molecule has 6 heteroatoms. The van der Waals surface area contributed by atoms with Crippen LogP contribution in [0.4, 0.5) is 5.69 Å². The quantitative estimate of drug-likeness (QED) is 0.741. The van der Waals surface area contributed by atoms with Crippen LogP contribution in [0.25, 0.3) is 0 Å². The second kappa shape index (κ2) is 7.51. The summed E-state index contributed by atoms with van der Waals surface area (Å²) in [5.41, 5.74) is 7.77. The maximum absolute atomic E-state index is 12.9. The predicted molar refractivity (Wildman–Crippen MR) is 111 cm³/mol. The number of carbonyl (C=O) groups excluding carboxylic acids is 1. The van der Waals surface area contributed by atoms with Crippen LogP contribution in [-0.2, 0) is 6.42 Å². The van der Waals surface area contributed by atoms with Gasteiger partial charge in [-0.2, -0.15) is 0 Å². The maximum Gasteiger partial charge on any atom is 0.255 e. The zero-order chi connectivity index (χ0) is 19.8. The van der Waals surface area contributed by atoms with Gasteiger partial charge in [0.1, 0.15) is 11.4 Å². The third-order valence-electron chi connectivity index (χ3n) is 6.21. The van der Waals surface area contributed by atoms with Crippen molar-refractivity contribution < 1.29 is 9.53 Å². The molecule has 3 rings (SSSR count). The van der Waals surface area contributed by atoms with Gasteiger partial charge in [-0.25, -0.2) is 0 Å². The van der Waals surface area contributed by atoms with E-state index >= 15 is 0 Å². The number of fused-ring (bicyclic) bond motifs is 1. The fourth-order valence-corrected chi connectivity index (χ4v) is 4.76. The van der Waals surface area contributed by atoms with Crippen molar-refractivity contribution in [2.24, 2.45) is 0 Å². The van der Waals surface area contributed by atoms with Gasteiger partial charge in [-0.15, -0.1) is 0 Å². The fraction of sp³-hybridized carbons (Fsp3) is 0.667. The van der Waals surface area contributed by atoms with E-state index in [0.717, 1.165) is 12.0 Å². The first-order chi connectivity index (χ1) is 12.7. The Kier molecular flexibility index (Phi) is 5.64. The zero-order valence-electron chi connectivity index (χ0n) is 17.0. The Bertz CT molecular complexity index is 725. The number of nitrogen functional groups attached to an aromatic ring is 1. The number of benzene rings is 1. The highest BCUT2D eigenvalue weighted by molar-refractivity contribution is 6.33. The molecule has 0 radical (unpaired) electrons. The van der Waals surface area contributed by atoms with Crippen molar-refractivity contribution >= 4 is 23.2 Å². The monoisotopic (exact) mass is 393 g/mol. The van der Waals surface area contributed by atoms with Gasteiger partial charge >= 0.3 is 0 Å². The molecule has 1 amide bonds. The number of hydrogen-bond acceptors (Lipinski definition) is 4. The third-order valence-corrected chi connectivity index (χ3v) is 6.52. The molecule has 1 fully saturated rings. The molecular weight excluding hydrogens is 362 g/mol. The van der Waals surface area contributed by atoms with Crippen molar-refractivity contribution in [3.05, 3.63) is 22.2 Å². The van der Waals surface area contributed by atoms with Crippen LogP contribution in [0.5, 0.6) is 5.75 Å². The number of anilines is 1. The van der Waals surface area contributed by atoms with Gasteiger partial charge in [0.2, 0.25) is 0 Å². The predicted octanol–water partition coefficient (Wildman–Crippen LogP) is 4.02. The first-order valence-corrected chi connectivity index (χ1v) is 10.3. The number of halogens is 1. The average molecular weight is 394 g/mol.